The molecule has 1 saturated heterocycles. The Morgan fingerprint density at radius 3 is 2.68 bits per heavy atom. The van der Waals surface area contributed by atoms with Gasteiger partial charge in [0.1, 0.15) is 17.4 Å². The molecule has 0 aromatic heterocycles. The van der Waals surface area contributed by atoms with Crippen molar-refractivity contribution in [2.45, 2.75) is 19.8 Å². The molecule has 0 atom stereocenters. The molecule has 25 heavy (non-hydrogen) atoms. The van der Waals surface area contributed by atoms with E-state index in [1.165, 1.54) is 11.1 Å². The molecule has 1 aliphatic rings. The smallest absolute Gasteiger partial charge is 0.306 e. The van der Waals surface area contributed by atoms with Gasteiger partial charge < -0.3 is 20.1 Å². The number of para-hydroxylation sites is 2. The first kappa shape index (κ1) is 18.3. The second-order valence-electron chi connectivity index (χ2n) is 5.65. The molecule has 132 valence electrons. The van der Waals surface area contributed by atoms with Crippen molar-refractivity contribution in [2.75, 3.05) is 25.0 Å². The maximum absolute atomic E-state index is 12.5. The summed E-state index contributed by atoms with van der Waals surface area (Å²) in [5, 5.41) is 21.2. The third-order valence-electron chi connectivity index (χ3n) is 4.04. The minimum absolute atomic E-state index is 0.0277. The average Bonchev–Trinajstić information content (AvgIpc) is 2.63. The number of aliphatic carboxylic acids is 1. The third kappa shape index (κ3) is 4.73. The Hall–Kier alpha value is -3.01. The number of carboxylic acid groups (broad SMARTS) is 1. The van der Waals surface area contributed by atoms with Crippen LogP contribution in [0.2, 0.25) is 0 Å². The van der Waals surface area contributed by atoms with Crippen molar-refractivity contribution in [1.82, 2.24) is 4.90 Å². The van der Waals surface area contributed by atoms with E-state index in [2.05, 4.69) is 5.32 Å². The number of nitrogens with one attached hydrogen (secondary N) is 1. The minimum Gasteiger partial charge on any atom is -0.492 e. The number of ether oxygens (including phenoxy) is 1. The van der Waals surface area contributed by atoms with Crippen LogP contribution in [-0.4, -0.2) is 41.6 Å². The summed E-state index contributed by atoms with van der Waals surface area (Å²) in [7, 11) is 0. The maximum Gasteiger partial charge on any atom is 0.306 e. The number of anilines is 1. The summed E-state index contributed by atoms with van der Waals surface area (Å²) >= 11 is 0. The van der Waals surface area contributed by atoms with Crippen molar-refractivity contribution in [1.29, 1.82) is 5.26 Å². The number of likely N-dealkylation sites (tertiary alicyclic amines) is 1. The molecule has 0 spiro atoms. The molecule has 1 heterocycles. The number of nitrogens with zero attached hydrogens (tertiary/aromatic N) is 2. The normalized spacial score (nSPS) is 15.4. The summed E-state index contributed by atoms with van der Waals surface area (Å²) in [5.41, 5.74) is 0.634. The van der Waals surface area contributed by atoms with E-state index in [0.717, 1.165) is 0 Å². The van der Waals surface area contributed by atoms with Crippen LogP contribution in [0.3, 0.4) is 0 Å². The second kappa shape index (κ2) is 8.73. The summed E-state index contributed by atoms with van der Waals surface area (Å²) in [5.74, 6) is -1.02. The molecule has 0 aliphatic carbocycles. The zero-order chi connectivity index (χ0) is 18.2. The van der Waals surface area contributed by atoms with Crippen molar-refractivity contribution >= 4 is 17.6 Å². The molecule has 1 amide bonds. The highest BCUT2D eigenvalue weighted by Crippen LogP contribution is 2.24. The molecule has 2 N–H and O–H groups in total. The number of carboxylic acids is 1. The molecular formula is C18H21N3O4. The zero-order valence-corrected chi connectivity index (χ0v) is 14.1. The maximum atomic E-state index is 12.5. The SMILES string of the molecule is CCOc1ccccc1N/C=C(/C#N)C(=O)N1CCC(C(=O)O)CC1. The van der Waals surface area contributed by atoms with E-state index in [-0.39, 0.29) is 5.57 Å². The topological polar surface area (TPSA) is 103 Å². The summed E-state index contributed by atoms with van der Waals surface area (Å²) in [6.45, 7) is 3.05. The molecule has 0 radical (unpaired) electrons. The number of nitriles is 1. The van der Waals surface area contributed by atoms with Gasteiger partial charge in [0, 0.05) is 19.3 Å². The van der Waals surface area contributed by atoms with Crippen molar-refractivity contribution in [3.63, 3.8) is 0 Å². The molecule has 1 aromatic rings. The van der Waals surface area contributed by atoms with Gasteiger partial charge >= 0.3 is 5.97 Å². The van der Waals surface area contributed by atoms with E-state index in [9.17, 15) is 14.9 Å². The van der Waals surface area contributed by atoms with Gasteiger partial charge in [-0.05, 0) is 31.9 Å². The van der Waals surface area contributed by atoms with Gasteiger partial charge in [-0.1, -0.05) is 12.1 Å². The molecule has 1 fully saturated rings. The van der Waals surface area contributed by atoms with E-state index >= 15 is 0 Å². The van der Waals surface area contributed by atoms with Gasteiger partial charge in [-0.15, -0.1) is 0 Å². The number of benzene rings is 1. The predicted molar refractivity (Wildman–Crippen MR) is 91.9 cm³/mol. The summed E-state index contributed by atoms with van der Waals surface area (Å²) in [4.78, 5) is 24.9. The van der Waals surface area contributed by atoms with Crippen molar-refractivity contribution in [3.05, 3.63) is 36.0 Å². The number of rotatable bonds is 6. The van der Waals surface area contributed by atoms with Gasteiger partial charge in [-0.25, -0.2) is 0 Å². The number of piperidine rings is 1. The molecule has 7 heteroatoms. The first-order chi connectivity index (χ1) is 12.1. The number of carbonyl (C=O) groups is 2. The van der Waals surface area contributed by atoms with Crippen LogP contribution in [0.25, 0.3) is 0 Å². The predicted octanol–water partition coefficient (Wildman–Crippen LogP) is 2.23. The monoisotopic (exact) mass is 343 g/mol. The molecule has 1 aromatic carbocycles. The molecular weight excluding hydrogens is 322 g/mol. The van der Waals surface area contributed by atoms with Crippen molar-refractivity contribution in [3.8, 4) is 11.8 Å². The number of carbonyl (C=O) groups excluding carboxylic acids is 1. The Morgan fingerprint density at radius 1 is 1.40 bits per heavy atom. The van der Waals surface area contributed by atoms with Crippen LogP contribution in [0.4, 0.5) is 5.69 Å². The number of hydrogen-bond donors (Lipinski definition) is 2. The lowest BCUT2D eigenvalue weighted by Gasteiger charge is -2.29. The first-order valence-corrected chi connectivity index (χ1v) is 8.17. The lowest BCUT2D eigenvalue weighted by atomic mass is 9.97. The number of amides is 1. The second-order valence-corrected chi connectivity index (χ2v) is 5.65. The Bertz CT molecular complexity index is 701. The van der Waals surface area contributed by atoms with E-state index in [4.69, 9.17) is 9.84 Å². The Morgan fingerprint density at radius 2 is 2.08 bits per heavy atom. The van der Waals surface area contributed by atoms with Crippen LogP contribution in [0.1, 0.15) is 19.8 Å². The molecule has 0 bridgehead atoms. The Balaban J connectivity index is 2.04. The van der Waals surface area contributed by atoms with Crippen LogP contribution in [0, 0.1) is 17.2 Å². The van der Waals surface area contributed by atoms with Gasteiger partial charge in [0.25, 0.3) is 5.91 Å². The van der Waals surface area contributed by atoms with Gasteiger partial charge in [-0.2, -0.15) is 5.26 Å². The number of hydrogen-bond acceptors (Lipinski definition) is 5. The molecule has 2 rings (SSSR count). The molecule has 0 saturated carbocycles. The van der Waals surface area contributed by atoms with Crippen LogP contribution >= 0.6 is 0 Å². The summed E-state index contributed by atoms with van der Waals surface area (Å²) in [6, 6.07) is 9.15. The highest BCUT2D eigenvalue weighted by atomic mass is 16.5. The Labute approximate surface area is 146 Å². The fourth-order valence-electron chi connectivity index (χ4n) is 2.66. The quantitative estimate of drug-likeness (QED) is 0.606. The van der Waals surface area contributed by atoms with Crippen LogP contribution < -0.4 is 10.1 Å². The minimum atomic E-state index is -0.836. The van der Waals surface area contributed by atoms with Crippen molar-refractivity contribution < 1.29 is 19.4 Å². The van der Waals surface area contributed by atoms with Gasteiger partial charge in [0.05, 0.1) is 18.2 Å². The van der Waals surface area contributed by atoms with E-state index < -0.39 is 17.8 Å². The van der Waals surface area contributed by atoms with E-state index in [1.54, 1.807) is 12.1 Å². The third-order valence-corrected chi connectivity index (χ3v) is 4.04. The first-order valence-electron chi connectivity index (χ1n) is 8.17. The fraction of sp³-hybridized carbons (Fsp3) is 0.389. The highest BCUT2D eigenvalue weighted by molar-refractivity contribution is 5.97. The average molecular weight is 343 g/mol. The van der Waals surface area contributed by atoms with Crippen LogP contribution in [0.5, 0.6) is 5.75 Å². The van der Waals surface area contributed by atoms with Crippen LogP contribution in [0.15, 0.2) is 36.0 Å². The van der Waals surface area contributed by atoms with E-state index in [1.807, 2.05) is 25.1 Å². The Kier molecular flexibility index (Phi) is 6.40. The lowest BCUT2D eigenvalue weighted by Crippen LogP contribution is -2.40. The lowest BCUT2D eigenvalue weighted by molar-refractivity contribution is -0.145. The molecule has 7 nitrogen and oxygen atoms in total. The highest BCUT2D eigenvalue weighted by Gasteiger charge is 2.28. The molecule has 0 unspecified atom stereocenters. The van der Waals surface area contributed by atoms with E-state index in [0.29, 0.717) is 44.0 Å². The zero-order valence-electron chi connectivity index (χ0n) is 14.1. The van der Waals surface area contributed by atoms with Gasteiger partial charge in [0.2, 0.25) is 0 Å². The van der Waals surface area contributed by atoms with Gasteiger partial charge in [-0.3, -0.25) is 9.59 Å². The molecule has 1 aliphatic heterocycles. The standard InChI is InChI=1S/C18H21N3O4/c1-2-25-16-6-4-3-5-15(16)20-12-14(11-19)17(22)21-9-7-13(8-10-21)18(23)24/h3-6,12-13,20H,2,7-10H2,1H3,(H,23,24)/b14-12-. The fourth-order valence-corrected chi connectivity index (χ4v) is 2.66. The summed E-state index contributed by atoms with van der Waals surface area (Å²) < 4.78 is 5.49. The van der Waals surface area contributed by atoms with Crippen molar-refractivity contribution in [2.24, 2.45) is 5.92 Å². The van der Waals surface area contributed by atoms with Crippen LogP contribution in [-0.2, 0) is 9.59 Å². The van der Waals surface area contributed by atoms with Gasteiger partial charge in [0.15, 0.2) is 0 Å². The summed E-state index contributed by atoms with van der Waals surface area (Å²) in [6.07, 6.45) is 2.17. The largest absolute Gasteiger partial charge is 0.492 e.